The van der Waals surface area contributed by atoms with Gasteiger partial charge in [0.15, 0.2) is 11.5 Å². The summed E-state index contributed by atoms with van der Waals surface area (Å²) >= 11 is 0. The molecule has 4 rings (SSSR count). The Labute approximate surface area is 180 Å². The van der Waals surface area contributed by atoms with E-state index in [0.29, 0.717) is 29.5 Å². The molecule has 8 heteroatoms. The molecule has 8 nitrogen and oxygen atoms in total. The lowest BCUT2D eigenvalue weighted by Gasteiger charge is -2.17. The van der Waals surface area contributed by atoms with E-state index >= 15 is 0 Å². The maximum absolute atomic E-state index is 12.4. The van der Waals surface area contributed by atoms with E-state index in [1.54, 1.807) is 36.3 Å². The van der Waals surface area contributed by atoms with Crippen molar-refractivity contribution in [3.8, 4) is 34.8 Å². The summed E-state index contributed by atoms with van der Waals surface area (Å²) in [6, 6.07) is 12.5. The van der Waals surface area contributed by atoms with E-state index in [1.807, 2.05) is 18.2 Å². The van der Waals surface area contributed by atoms with Crippen LogP contribution in [0.25, 0.3) is 0 Å². The number of hydrogen-bond acceptors (Lipinski definition) is 6. The number of hydrogen-bond donors (Lipinski definition) is 1. The van der Waals surface area contributed by atoms with E-state index in [1.165, 1.54) is 0 Å². The molecule has 2 heterocycles. The van der Waals surface area contributed by atoms with Crippen LogP contribution in [0.3, 0.4) is 0 Å². The molecule has 0 saturated carbocycles. The van der Waals surface area contributed by atoms with Crippen molar-refractivity contribution in [3.05, 3.63) is 42.5 Å². The van der Waals surface area contributed by atoms with Crippen LogP contribution < -0.4 is 29.2 Å². The number of anilines is 1. The number of methoxy groups -OCH3 is 1. The number of fused-ring (bicyclic) bond motifs is 1. The third-order valence-corrected chi connectivity index (χ3v) is 4.99. The van der Waals surface area contributed by atoms with E-state index in [-0.39, 0.29) is 38.2 Å². The molecule has 1 unspecified atom stereocenters. The molecule has 1 atom stereocenters. The molecule has 2 amide bonds. The van der Waals surface area contributed by atoms with Gasteiger partial charge in [0, 0.05) is 30.8 Å². The highest BCUT2D eigenvalue weighted by molar-refractivity contribution is 6.00. The van der Waals surface area contributed by atoms with Gasteiger partial charge in [0.2, 0.25) is 18.6 Å². The van der Waals surface area contributed by atoms with Gasteiger partial charge in [-0.3, -0.25) is 9.59 Å². The zero-order valence-electron chi connectivity index (χ0n) is 17.1. The lowest BCUT2D eigenvalue weighted by atomic mass is 10.1. The fourth-order valence-electron chi connectivity index (χ4n) is 3.39. The first-order chi connectivity index (χ1) is 15.1. The first kappa shape index (κ1) is 20.4. The Balaban J connectivity index is 1.22. The first-order valence-corrected chi connectivity index (χ1v) is 9.84. The fraction of sp³-hybridized carbons (Fsp3) is 0.304. The van der Waals surface area contributed by atoms with Crippen LogP contribution in [0.15, 0.2) is 42.5 Å². The number of amides is 2. The zero-order chi connectivity index (χ0) is 21.6. The van der Waals surface area contributed by atoms with Gasteiger partial charge < -0.3 is 29.2 Å². The Bertz CT molecular complexity index is 1040. The third-order valence-electron chi connectivity index (χ3n) is 4.99. The zero-order valence-corrected chi connectivity index (χ0v) is 17.1. The average molecular weight is 422 g/mol. The SMILES string of the molecule is COc1cccc(N2CC(C(=O)NCC#CCOc3ccc4c(c3)OCO4)CC2=O)c1. The number of ether oxygens (including phenoxy) is 4. The molecule has 0 aromatic heterocycles. The van der Waals surface area contributed by atoms with Crippen LogP contribution >= 0.6 is 0 Å². The van der Waals surface area contributed by atoms with Crippen LogP contribution in [0.4, 0.5) is 5.69 Å². The summed E-state index contributed by atoms with van der Waals surface area (Å²) in [6.07, 6.45) is 0.170. The highest BCUT2D eigenvalue weighted by Crippen LogP contribution is 2.35. The molecule has 0 radical (unpaired) electrons. The third kappa shape index (κ3) is 4.83. The Hall–Kier alpha value is -3.86. The van der Waals surface area contributed by atoms with E-state index < -0.39 is 5.92 Å². The molecule has 1 saturated heterocycles. The predicted octanol–water partition coefficient (Wildman–Crippen LogP) is 1.98. The lowest BCUT2D eigenvalue weighted by molar-refractivity contribution is -0.126. The minimum atomic E-state index is -0.412. The summed E-state index contributed by atoms with van der Waals surface area (Å²) in [5, 5.41) is 2.76. The number of nitrogens with zero attached hydrogens (tertiary/aromatic N) is 1. The number of benzene rings is 2. The van der Waals surface area contributed by atoms with E-state index in [2.05, 4.69) is 17.2 Å². The van der Waals surface area contributed by atoms with Crippen molar-refractivity contribution < 1.29 is 28.5 Å². The summed E-state index contributed by atoms with van der Waals surface area (Å²) in [6.45, 7) is 0.912. The van der Waals surface area contributed by atoms with Crippen LogP contribution in [0.5, 0.6) is 23.0 Å². The van der Waals surface area contributed by atoms with E-state index in [0.717, 1.165) is 5.69 Å². The molecule has 2 aromatic carbocycles. The van der Waals surface area contributed by atoms with Crippen molar-refractivity contribution >= 4 is 17.5 Å². The van der Waals surface area contributed by atoms with Gasteiger partial charge in [0.25, 0.3) is 0 Å². The number of carbonyl (C=O) groups excluding carboxylic acids is 2. The predicted molar refractivity (Wildman–Crippen MR) is 112 cm³/mol. The first-order valence-electron chi connectivity index (χ1n) is 9.84. The van der Waals surface area contributed by atoms with Crippen LogP contribution in [0, 0.1) is 17.8 Å². The molecular weight excluding hydrogens is 400 g/mol. The van der Waals surface area contributed by atoms with Gasteiger partial charge in [-0.1, -0.05) is 17.9 Å². The second-order valence-electron chi connectivity index (χ2n) is 6.98. The molecule has 1 fully saturated rings. The Morgan fingerprint density at radius 1 is 1.16 bits per heavy atom. The van der Waals surface area contributed by atoms with Crippen molar-refractivity contribution in [1.82, 2.24) is 5.32 Å². The Morgan fingerprint density at radius 2 is 2.03 bits per heavy atom. The molecule has 160 valence electrons. The quantitative estimate of drug-likeness (QED) is 0.717. The van der Waals surface area contributed by atoms with Crippen LogP contribution in [-0.4, -0.2) is 45.4 Å². The maximum atomic E-state index is 12.4. The monoisotopic (exact) mass is 422 g/mol. The van der Waals surface area contributed by atoms with Gasteiger partial charge in [-0.25, -0.2) is 0 Å². The standard InChI is InChI=1S/C23H22N2O6/c1-28-18-6-4-5-17(12-18)25-14-16(11-22(25)26)23(27)24-9-2-3-10-29-19-7-8-20-21(13-19)31-15-30-20/h4-8,12-13,16H,9-11,14-15H2,1H3,(H,24,27). The van der Waals surface area contributed by atoms with Crippen LogP contribution in [0.1, 0.15) is 6.42 Å². The summed E-state index contributed by atoms with van der Waals surface area (Å²) in [5.41, 5.74) is 0.722. The van der Waals surface area contributed by atoms with E-state index in [9.17, 15) is 9.59 Å². The molecule has 2 aromatic rings. The number of nitrogens with one attached hydrogen (secondary N) is 1. The van der Waals surface area contributed by atoms with Crippen molar-refractivity contribution in [2.45, 2.75) is 6.42 Å². The molecule has 2 aliphatic rings. The Kier molecular flexibility index (Phi) is 6.13. The van der Waals surface area contributed by atoms with Crippen molar-refractivity contribution in [3.63, 3.8) is 0 Å². The van der Waals surface area contributed by atoms with Crippen LogP contribution in [0.2, 0.25) is 0 Å². The van der Waals surface area contributed by atoms with Crippen molar-refractivity contribution in [2.75, 3.05) is 38.5 Å². The number of carbonyl (C=O) groups is 2. The largest absolute Gasteiger partial charge is 0.497 e. The normalized spacial score (nSPS) is 16.5. The molecule has 1 N–H and O–H groups in total. The lowest BCUT2D eigenvalue weighted by Crippen LogP contribution is -2.33. The van der Waals surface area contributed by atoms with Gasteiger partial charge in [0.1, 0.15) is 18.1 Å². The molecule has 2 aliphatic heterocycles. The average Bonchev–Trinajstić information content (AvgIpc) is 3.42. The maximum Gasteiger partial charge on any atom is 0.231 e. The van der Waals surface area contributed by atoms with Gasteiger partial charge in [-0.15, -0.1) is 0 Å². The van der Waals surface area contributed by atoms with Gasteiger partial charge >= 0.3 is 0 Å². The summed E-state index contributed by atoms with van der Waals surface area (Å²) < 4.78 is 21.3. The number of rotatable bonds is 6. The topological polar surface area (TPSA) is 86.3 Å². The second-order valence-corrected chi connectivity index (χ2v) is 6.98. The van der Waals surface area contributed by atoms with Crippen molar-refractivity contribution in [2.24, 2.45) is 5.92 Å². The van der Waals surface area contributed by atoms with Crippen molar-refractivity contribution in [1.29, 1.82) is 0 Å². The molecule has 0 bridgehead atoms. The minimum Gasteiger partial charge on any atom is -0.497 e. The Morgan fingerprint density at radius 3 is 2.90 bits per heavy atom. The van der Waals surface area contributed by atoms with Gasteiger partial charge in [0.05, 0.1) is 19.6 Å². The molecular formula is C23H22N2O6. The van der Waals surface area contributed by atoms with E-state index in [4.69, 9.17) is 18.9 Å². The van der Waals surface area contributed by atoms with Gasteiger partial charge in [-0.05, 0) is 24.3 Å². The molecule has 0 aliphatic carbocycles. The molecule has 0 spiro atoms. The summed E-state index contributed by atoms with van der Waals surface area (Å²) in [7, 11) is 1.57. The highest BCUT2D eigenvalue weighted by Gasteiger charge is 2.35. The van der Waals surface area contributed by atoms with Gasteiger partial charge in [-0.2, -0.15) is 0 Å². The minimum absolute atomic E-state index is 0.0865. The summed E-state index contributed by atoms with van der Waals surface area (Å²) in [5.74, 6) is 7.65. The second kappa shape index (κ2) is 9.30. The summed E-state index contributed by atoms with van der Waals surface area (Å²) in [4.78, 5) is 26.4. The fourth-order valence-corrected chi connectivity index (χ4v) is 3.39. The van der Waals surface area contributed by atoms with Crippen LogP contribution in [-0.2, 0) is 9.59 Å². The molecule has 31 heavy (non-hydrogen) atoms. The smallest absolute Gasteiger partial charge is 0.231 e. The highest BCUT2D eigenvalue weighted by atomic mass is 16.7.